The van der Waals surface area contributed by atoms with E-state index in [0.717, 1.165) is 11.3 Å². The lowest BCUT2D eigenvalue weighted by molar-refractivity contribution is 0.0701. The van der Waals surface area contributed by atoms with Gasteiger partial charge in [0, 0.05) is 0 Å². The molecule has 5 heteroatoms. The van der Waals surface area contributed by atoms with Gasteiger partial charge in [0.25, 0.3) is 0 Å². The van der Waals surface area contributed by atoms with Crippen LogP contribution in [0.3, 0.4) is 0 Å². The number of aryl methyl sites for hydroxylation is 1. The number of ether oxygens (including phenoxy) is 1. The first kappa shape index (κ1) is 13.5. The van der Waals surface area contributed by atoms with E-state index in [1.165, 1.54) is 11.3 Å². The van der Waals surface area contributed by atoms with Crippen molar-refractivity contribution in [2.75, 3.05) is 6.61 Å². The molecule has 0 aliphatic carbocycles. The number of hydrogen-bond acceptors (Lipinski definition) is 4. The van der Waals surface area contributed by atoms with Gasteiger partial charge in [-0.1, -0.05) is 19.1 Å². The van der Waals surface area contributed by atoms with Gasteiger partial charge in [-0.2, -0.15) is 0 Å². The zero-order valence-electron chi connectivity index (χ0n) is 10.8. The van der Waals surface area contributed by atoms with Crippen LogP contribution in [0.1, 0.15) is 29.2 Å². The number of hydrogen-bond donors (Lipinski definition) is 1. The molecule has 4 nitrogen and oxygen atoms in total. The summed E-state index contributed by atoms with van der Waals surface area (Å²) in [5.41, 5.74) is 1.47. The lowest BCUT2D eigenvalue weighted by Gasteiger charge is -2.07. The second-order valence-corrected chi connectivity index (χ2v) is 4.88. The summed E-state index contributed by atoms with van der Waals surface area (Å²) in [6, 6.07) is 7.55. The molecule has 0 unspecified atom stereocenters. The normalized spacial score (nSPS) is 10.4. The molecule has 2 rings (SSSR count). The minimum Gasteiger partial charge on any atom is -0.493 e. The molecular formula is C14H15NO3S. The number of para-hydroxylation sites is 1. The van der Waals surface area contributed by atoms with Crippen LogP contribution in [0.2, 0.25) is 0 Å². The topological polar surface area (TPSA) is 59.4 Å². The Morgan fingerprint density at radius 2 is 2.11 bits per heavy atom. The third kappa shape index (κ3) is 2.76. The van der Waals surface area contributed by atoms with Gasteiger partial charge >= 0.3 is 5.97 Å². The van der Waals surface area contributed by atoms with Crippen LogP contribution in [0.25, 0.3) is 10.6 Å². The van der Waals surface area contributed by atoms with E-state index >= 15 is 0 Å². The molecule has 100 valence electrons. The molecule has 1 aromatic carbocycles. The van der Waals surface area contributed by atoms with Gasteiger partial charge in [-0.05, 0) is 25.5 Å². The summed E-state index contributed by atoms with van der Waals surface area (Å²) in [5, 5.41) is 9.86. The van der Waals surface area contributed by atoms with Gasteiger partial charge in [0.05, 0.1) is 17.9 Å². The second kappa shape index (κ2) is 5.84. The number of benzene rings is 1. The molecule has 1 aromatic heterocycles. The summed E-state index contributed by atoms with van der Waals surface area (Å²) >= 11 is 1.19. The van der Waals surface area contributed by atoms with Crippen molar-refractivity contribution in [1.82, 2.24) is 4.98 Å². The van der Waals surface area contributed by atoms with E-state index in [9.17, 15) is 4.79 Å². The summed E-state index contributed by atoms with van der Waals surface area (Å²) in [4.78, 5) is 15.9. The van der Waals surface area contributed by atoms with Crippen LogP contribution in [0, 0.1) is 0 Å². The molecule has 0 bridgehead atoms. The van der Waals surface area contributed by atoms with Crippen LogP contribution < -0.4 is 4.74 Å². The zero-order valence-corrected chi connectivity index (χ0v) is 11.7. The standard InChI is InChI=1S/C14H15NO3S/c1-3-10-12(14(16)17)19-13(15-10)9-7-5-6-8-11(9)18-4-2/h5-8H,3-4H2,1-2H3,(H,16,17). The molecule has 0 aliphatic heterocycles. The summed E-state index contributed by atoms with van der Waals surface area (Å²) in [5.74, 6) is -0.187. The van der Waals surface area contributed by atoms with Gasteiger partial charge in [-0.15, -0.1) is 11.3 Å². The average Bonchev–Trinajstić information content (AvgIpc) is 2.84. The van der Waals surface area contributed by atoms with Crippen molar-refractivity contribution in [2.24, 2.45) is 0 Å². The Morgan fingerprint density at radius 1 is 1.37 bits per heavy atom. The van der Waals surface area contributed by atoms with Crippen molar-refractivity contribution in [2.45, 2.75) is 20.3 Å². The van der Waals surface area contributed by atoms with Crippen molar-refractivity contribution in [3.63, 3.8) is 0 Å². The Morgan fingerprint density at radius 3 is 2.68 bits per heavy atom. The number of carbonyl (C=O) groups is 1. The molecule has 0 radical (unpaired) electrons. The van der Waals surface area contributed by atoms with Crippen LogP contribution in [-0.4, -0.2) is 22.7 Å². The predicted molar refractivity (Wildman–Crippen MR) is 75.1 cm³/mol. The molecule has 0 spiro atoms. The molecular weight excluding hydrogens is 262 g/mol. The van der Waals surface area contributed by atoms with E-state index in [-0.39, 0.29) is 0 Å². The highest BCUT2D eigenvalue weighted by atomic mass is 32.1. The van der Waals surface area contributed by atoms with Gasteiger partial charge in [-0.3, -0.25) is 0 Å². The highest BCUT2D eigenvalue weighted by Crippen LogP contribution is 2.34. The number of aromatic carboxylic acids is 1. The van der Waals surface area contributed by atoms with Crippen molar-refractivity contribution < 1.29 is 14.6 Å². The monoisotopic (exact) mass is 277 g/mol. The van der Waals surface area contributed by atoms with E-state index in [0.29, 0.717) is 28.6 Å². The van der Waals surface area contributed by atoms with E-state index in [2.05, 4.69) is 4.98 Å². The molecule has 0 amide bonds. The Hall–Kier alpha value is -1.88. The first-order valence-electron chi connectivity index (χ1n) is 6.12. The number of nitrogens with zero attached hydrogens (tertiary/aromatic N) is 1. The fraction of sp³-hybridized carbons (Fsp3) is 0.286. The van der Waals surface area contributed by atoms with Gasteiger partial charge < -0.3 is 9.84 Å². The molecule has 1 heterocycles. The van der Waals surface area contributed by atoms with Crippen LogP contribution >= 0.6 is 11.3 Å². The maximum absolute atomic E-state index is 11.2. The van der Waals surface area contributed by atoms with E-state index in [1.54, 1.807) is 0 Å². The van der Waals surface area contributed by atoms with Crippen molar-refractivity contribution in [1.29, 1.82) is 0 Å². The van der Waals surface area contributed by atoms with Crippen LogP contribution in [0.4, 0.5) is 0 Å². The van der Waals surface area contributed by atoms with E-state index < -0.39 is 5.97 Å². The molecule has 0 saturated heterocycles. The Labute approximate surface area is 115 Å². The third-order valence-corrected chi connectivity index (χ3v) is 3.76. The number of thiazole rings is 1. The molecule has 0 atom stereocenters. The van der Waals surface area contributed by atoms with Crippen molar-refractivity contribution in [3.8, 4) is 16.3 Å². The quantitative estimate of drug-likeness (QED) is 0.909. The summed E-state index contributed by atoms with van der Waals surface area (Å²) < 4.78 is 5.55. The van der Waals surface area contributed by atoms with Gasteiger partial charge in [0.15, 0.2) is 0 Å². The molecule has 2 aromatic rings. The van der Waals surface area contributed by atoms with Gasteiger partial charge in [0.2, 0.25) is 0 Å². The van der Waals surface area contributed by atoms with Crippen LogP contribution in [-0.2, 0) is 6.42 Å². The number of aromatic nitrogens is 1. The Bertz CT molecular complexity index is 592. The fourth-order valence-electron chi connectivity index (χ4n) is 1.80. The average molecular weight is 277 g/mol. The highest BCUT2D eigenvalue weighted by Gasteiger charge is 2.18. The van der Waals surface area contributed by atoms with Crippen molar-refractivity contribution >= 4 is 17.3 Å². The molecule has 0 aliphatic rings. The fourth-order valence-corrected chi connectivity index (χ4v) is 2.82. The number of carboxylic acids is 1. The number of rotatable bonds is 5. The Balaban J connectivity index is 2.50. The maximum atomic E-state index is 11.2. The van der Waals surface area contributed by atoms with Crippen LogP contribution in [0.5, 0.6) is 5.75 Å². The molecule has 0 fully saturated rings. The predicted octanol–water partition coefficient (Wildman–Crippen LogP) is 3.47. The molecule has 1 N–H and O–H groups in total. The molecule has 0 saturated carbocycles. The third-order valence-electron chi connectivity index (χ3n) is 2.64. The first-order valence-corrected chi connectivity index (χ1v) is 6.94. The van der Waals surface area contributed by atoms with Gasteiger partial charge in [0.1, 0.15) is 15.6 Å². The zero-order chi connectivity index (χ0) is 13.8. The second-order valence-electron chi connectivity index (χ2n) is 3.88. The van der Waals surface area contributed by atoms with E-state index in [4.69, 9.17) is 9.84 Å². The van der Waals surface area contributed by atoms with Crippen LogP contribution in [0.15, 0.2) is 24.3 Å². The first-order chi connectivity index (χ1) is 9.17. The maximum Gasteiger partial charge on any atom is 0.347 e. The van der Waals surface area contributed by atoms with E-state index in [1.807, 2.05) is 38.1 Å². The van der Waals surface area contributed by atoms with Crippen molar-refractivity contribution in [3.05, 3.63) is 34.8 Å². The smallest absolute Gasteiger partial charge is 0.347 e. The highest BCUT2D eigenvalue weighted by molar-refractivity contribution is 7.17. The summed E-state index contributed by atoms with van der Waals surface area (Å²) in [6.45, 7) is 4.38. The lowest BCUT2D eigenvalue weighted by atomic mass is 10.2. The SMILES string of the molecule is CCOc1ccccc1-c1nc(CC)c(C(=O)O)s1. The largest absolute Gasteiger partial charge is 0.493 e. The summed E-state index contributed by atoms with van der Waals surface area (Å²) in [7, 11) is 0. The Kier molecular flexibility index (Phi) is 4.16. The van der Waals surface area contributed by atoms with Gasteiger partial charge in [-0.25, -0.2) is 9.78 Å². The minimum absolute atomic E-state index is 0.309. The molecule has 19 heavy (non-hydrogen) atoms. The minimum atomic E-state index is -0.922. The lowest BCUT2D eigenvalue weighted by Crippen LogP contribution is -1.97. The number of carboxylic acid groups (broad SMARTS) is 1. The summed E-state index contributed by atoms with van der Waals surface area (Å²) in [6.07, 6.45) is 0.606.